The van der Waals surface area contributed by atoms with Crippen molar-refractivity contribution in [3.63, 3.8) is 0 Å². The molecule has 3 aromatic rings. The molecule has 24 heavy (non-hydrogen) atoms. The number of ketones is 1. The van der Waals surface area contributed by atoms with Crippen LogP contribution in [0, 0.1) is 16.0 Å². The van der Waals surface area contributed by atoms with Crippen LogP contribution >= 0.6 is 0 Å². The van der Waals surface area contributed by atoms with Gasteiger partial charge in [0.15, 0.2) is 11.5 Å². The van der Waals surface area contributed by atoms with E-state index in [1.54, 1.807) is 22.7 Å². The van der Waals surface area contributed by atoms with Gasteiger partial charge in [-0.05, 0) is 25.0 Å². The van der Waals surface area contributed by atoms with E-state index in [2.05, 4.69) is 10.1 Å². The van der Waals surface area contributed by atoms with Crippen LogP contribution in [0.3, 0.4) is 0 Å². The minimum atomic E-state index is -0.426. The number of pyridine rings is 1. The van der Waals surface area contributed by atoms with Crippen LogP contribution in [0.25, 0.3) is 16.9 Å². The predicted octanol–water partition coefficient (Wildman–Crippen LogP) is 2.83. The fourth-order valence-corrected chi connectivity index (χ4v) is 2.73. The number of carbonyl (C=O) groups excluding carboxylic acids is 1. The molecule has 0 radical (unpaired) electrons. The van der Waals surface area contributed by atoms with E-state index in [1.807, 2.05) is 12.1 Å². The van der Waals surface area contributed by atoms with Crippen LogP contribution in [0.5, 0.6) is 0 Å². The fraction of sp³-hybridized carbons (Fsp3) is 0.235. The summed E-state index contributed by atoms with van der Waals surface area (Å²) < 4.78 is 1.63. The molecule has 7 nitrogen and oxygen atoms in total. The topological polar surface area (TPSA) is 90.4 Å². The molecule has 1 aliphatic rings. The zero-order valence-electron chi connectivity index (χ0n) is 12.8. The molecule has 0 spiro atoms. The largest absolute Gasteiger partial charge is 0.299 e. The Morgan fingerprint density at radius 3 is 2.79 bits per heavy atom. The summed E-state index contributed by atoms with van der Waals surface area (Å²) in [5.41, 5.74) is 2.03. The standard InChI is InChI=1S/C17H14N4O3/c22-15(11-7-8-11)10-16-18-17-6-2-5-14(20(17)19-16)12-3-1-4-13(9-12)21(23)24/h1-6,9,11H,7-8,10H2. The molecule has 120 valence electrons. The number of hydrogen-bond donors (Lipinski definition) is 0. The molecule has 0 aliphatic heterocycles. The Balaban J connectivity index is 1.75. The monoisotopic (exact) mass is 322 g/mol. The van der Waals surface area contributed by atoms with E-state index in [1.165, 1.54) is 12.1 Å². The number of non-ortho nitro benzene ring substituents is 1. The third-order valence-electron chi connectivity index (χ3n) is 4.12. The third-order valence-corrected chi connectivity index (χ3v) is 4.12. The fourth-order valence-electron chi connectivity index (χ4n) is 2.73. The molecule has 0 saturated heterocycles. The first kappa shape index (κ1) is 14.5. The minimum Gasteiger partial charge on any atom is -0.299 e. The Kier molecular flexibility index (Phi) is 3.34. The number of fused-ring (bicyclic) bond motifs is 1. The van der Waals surface area contributed by atoms with Gasteiger partial charge in [0.25, 0.3) is 5.69 Å². The highest BCUT2D eigenvalue weighted by molar-refractivity contribution is 5.84. The summed E-state index contributed by atoms with van der Waals surface area (Å²) in [4.78, 5) is 26.9. The van der Waals surface area contributed by atoms with Crippen LogP contribution in [0.4, 0.5) is 5.69 Å². The number of carbonyl (C=O) groups is 1. The van der Waals surface area contributed by atoms with E-state index in [-0.39, 0.29) is 23.8 Å². The first-order chi connectivity index (χ1) is 11.6. The third kappa shape index (κ3) is 2.64. The average molecular weight is 322 g/mol. The SMILES string of the molecule is O=C(Cc1nc2cccc(-c3cccc([N+](=O)[O-])c3)n2n1)C1CC1. The molecule has 1 saturated carbocycles. The zero-order chi connectivity index (χ0) is 16.7. The second-order valence-electron chi connectivity index (χ2n) is 5.93. The van der Waals surface area contributed by atoms with Crippen molar-refractivity contribution in [3.05, 3.63) is 58.4 Å². The van der Waals surface area contributed by atoms with Crippen LogP contribution < -0.4 is 0 Å². The highest BCUT2D eigenvalue weighted by Gasteiger charge is 2.30. The molecule has 4 rings (SSSR count). The maximum atomic E-state index is 12.0. The van der Waals surface area contributed by atoms with E-state index >= 15 is 0 Å². The summed E-state index contributed by atoms with van der Waals surface area (Å²) in [6.45, 7) is 0. The van der Waals surface area contributed by atoms with E-state index in [0.29, 0.717) is 22.7 Å². The predicted molar refractivity (Wildman–Crippen MR) is 86.5 cm³/mol. The van der Waals surface area contributed by atoms with E-state index in [0.717, 1.165) is 12.8 Å². The number of nitro benzene ring substituents is 1. The van der Waals surface area contributed by atoms with Gasteiger partial charge in [-0.15, -0.1) is 0 Å². The van der Waals surface area contributed by atoms with Gasteiger partial charge in [0, 0.05) is 23.6 Å². The van der Waals surface area contributed by atoms with Crippen molar-refractivity contribution >= 4 is 17.1 Å². The van der Waals surface area contributed by atoms with E-state index in [9.17, 15) is 14.9 Å². The molecule has 0 bridgehead atoms. The van der Waals surface area contributed by atoms with Crippen LogP contribution in [0.15, 0.2) is 42.5 Å². The van der Waals surface area contributed by atoms with Gasteiger partial charge in [-0.1, -0.05) is 18.2 Å². The van der Waals surface area contributed by atoms with Gasteiger partial charge in [0.05, 0.1) is 17.0 Å². The van der Waals surface area contributed by atoms with Crippen molar-refractivity contribution in [3.8, 4) is 11.3 Å². The van der Waals surface area contributed by atoms with Crippen molar-refractivity contribution in [2.45, 2.75) is 19.3 Å². The molecule has 1 fully saturated rings. The molecule has 0 N–H and O–H groups in total. The molecular formula is C17H14N4O3. The van der Waals surface area contributed by atoms with Crippen molar-refractivity contribution in [1.29, 1.82) is 0 Å². The number of rotatable bonds is 5. The molecular weight excluding hydrogens is 308 g/mol. The summed E-state index contributed by atoms with van der Waals surface area (Å²) in [6.07, 6.45) is 2.16. The lowest BCUT2D eigenvalue weighted by molar-refractivity contribution is -0.384. The van der Waals surface area contributed by atoms with Crippen LogP contribution in [-0.4, -0.2) is 25.3 Å². The average Bonchev–Trinajstić information content (AvgIpc) is 3.35. The molecule has 0 unspecified atom stereocenters. The Hall–Kier alpha value is -3.09. The highest BCUT2D eigenvalue weighted by Crippen LogP contribution is 2.31. The maximum absolute atomic E-state index is 12.0. The number of nitro groups is 1. The summed E-state index contributed by atoms with van der Waals surface area (Å²) in [6, 6.07) is 11.8. The number of hydrogen-bond acceptors (Lipinski definition) is 5. The molecule has 1 aliphatic carbocycles. The number of benzene rings is 1. The summed E-state index contributed by atoms with van der Waals surface area (Å²) in [5.74, 6) is 0.848. The first-order valence-corrected chi connectivity index (χ1v) is 7.74. The Labute approximate surface area is 137 Å². The van der Waals surface area contributed by atoms with Gasteiger partial charge in [-0.3, -0.25) is 14.9 Å². The Morgan fingerprint density at radius 1 is 1.25 bits per heavy atom. The molecule has 1 aromatic carbocycles. The maximum Gasteiger partial charge on any atom is 0.270 e. The van der Waals surface area contributed by atoms with E-state index < -0.39 is 4.92 Å². The lowest BCUT2D eigenvalue weighted by Crippen LogP contribution is -2.06. The second kappa shape index (κ2) is 5.52. The van der Waals surface area contributed by atoms with E-state index in [4.69, 9.17) is 0 Å². The van der Waals surface area contributed by atoms with Gasteiger partial charge in [-0.25, -0.2) is 9.50 Å². The Morgan fingerprint density at radius 2 is 2.04 bits per heavy atom. The molecule has 0 amide bonds. The van der Waals surface area contributed by atoms with Crippen molar-refractivity contribution in [2.75, 3.05) is 0 Å². The van der Waals surface area contributed by atoms with Crippen molar-refractivity contribution in [1.82, 2.24) is 14.6 Å². The molecule has 2 aromatic heterocycles. The lowest BCUT2D eigenvalue weighted by atomic mass is 10.1. The second-order valence-corrected chi connectivity index (χ2v) is 5.93. The van der Waals surface area contributed by atoms with Gasteiger partial charge in [-0.2, -0.15) is 5.10 Å². The highest BCUT2D eigenvalue weighted by atomic mass is 16.6. The zero-order valence-corrected chi connectivity index (χ0v) is 12.8. The van der Waals surface area contributed by atoms with Crippen LogP contribution in [0.1, 0.15) is 18.7 Å². The molecule has 0 atom stereocenters. The molecule has 2 heterocycles. The summed E-state index contributed by atoms with van der Waals surface area (Å²) in [7, 11) is 0. The smallest absolute Gasteiger partial charge is 0.270 e. The van der Waals surface area contributed by atoms with Gasteiger partial charge < -0.3 is 0 Å². The van der Waals surface area contributed by atoms with Crippen LogP contribution in [-0.2, 0) is 11.2 Å². The summed E-state index contributed by atoms with van der Waals surface area (Å²) in [5, 5.41) is 15.4. The van der Waals surface area contributed by atoms with Gasteiger partial charge in [0.1, 0.15) is 5.78 Å². The number of nitrogens with zero attached hydrogens (tertiary/aromatic N) is 4. The molecule has 7 heteroatoms. The summed E-state index contributed by atoms with van der Waals surface area (Å²) >= 11 is 0. The van der Waals surface area contributed by atoms with Gasteiger partial charge in [0.2, 0.25) is 0 Å². The lowest BCUT2D eigenvalue weighted by Gasteiger charge is -2.03. The number of aromatic nitrogens is 3. The quantitative estimate of drug-likeness (QED) is 0.532. The normalized spacial score (nSPS) is 14.0. The van der Waals surface area contributed by atoms with Gasteiger partial charge >= 0.3 is 0 Å². The van der Waals surface area contributed by atoms with Crippen molar-refractivity contribution < 1.29 is 9.72 Å². The Bertz CT molecular complexity index is 959. The minimum absolute atomic E-state index is 0.0220. The van der Waals surface area contributed by atoms with Crippen molar-refractivity contribution in [2.24, 2.45) is 5.92 Å². The van der Waals surface area contributed by atoms with Crippen LogP contribution in [0.2, 0.25) is 0 Å². The first-order valence-electron chi connectivity index (χ1n) is 7.74. The number of Topliss-reactive ketones (excluding diaryl/α,β-unsaturated/α-hetero) is 1.